The Hall–Kier alpha value is -2.38. The summed E-state index contributed by atoms with van der Waals surface area (Å²) in [7, 11) is 1.08. The smallest absolute Gasteiger partial charge is 0.417 e. The number of carbonyl (C=O) groups excluding carboxylic acids is 1. The number of ether oxygens (including phenoxy) is 1. The van der Waals surface area contributed by atoms with Gasteiger partial charge in [-0.3, -0.25) is 0 Å². The lowest BCUT2D eigenvalue weighted by Gasteiger charge is -2.11. The molecule has 0 aliphatic heterocycles. The van der Waals surface area contributed by atoms with Crippen LogP contribution in [0.2, 0.25) is 0 Å². The predicted molar refractivity (Wildman–Crippen MR) is 63.0 cm³/mol. The van der Waals surface area contributed by atoms with E-state index in [4.69, 9.17) is 4.52 Å². The van der Waals surface area contributed by atoms with Crippen molar-refractivity contribution in [1.82, 2.24) is 5.16 Å². The Bertz CT molecular complexity index is 691. The Kier molecular flexibility index (Phi) is 3.71. The van der Waals surface area contributed by atoms with Crippen molar-refractivity contribution in [3.63, 3.8) is 0 Å². The third kappa shape index (κ3) is 2.74. The van der Waals surface area contributed by atoms with Crippen molar-refractivity contribution in [3.05, 3.63) is 40.9 Å². The second kappa shape index (κ2) is 5.19. The van der Waals surface area contributed by atoms with Gasteiger partial charge in [0, 0.05) is 5.56 Å². The number of halogens is 4. The minimum Gasteiger partial charge on any atom is -0.465 e. The number of aromatic nitrogens is 1. The van der Waals surface area contributed by atoms with Crippen LogP contribution in [0.5, 0.6) is 0 Å². The summed E-state index contributed by atoms with van der Waals surface area (Å²) in [5.41, 5.74) is -2.27. The third-order valence-corrected chi connectivity index (χ3v) is 2.79. The van der Waals surface area contributed by atoms with E-state index in [9.17, 15) is 22.4 Å². The number of esters is 1. The molecule has 0 amide bonds. The second-order valence-electron chi connectivity index (χ2n) is 4.14. The summed E-state index contributed by atoms with van der Waals surface area (Å²) in [6.07, 6.45) is -4.81. The molecule has 112 valence electrons. The van der Waals surface area contributed by atoms with Gasteiger partial charge in [-0.15, -0.1) is 0 Å². The van der Waals surface area contributed by atoms with Crippen LogP contribution in [0, 0.1) is 12.7 Å². The van der Waals surface area contributed by atoms with Crippen molar-refractivity contribution in [2.75, 3.05) is 7.11 Å². The van der Waals surface area contributed by atoms with Crippen molar-refractivity contribution >= 4 is 5.97 Å². The minimum atomic E-state index is -4.81. The maximum absolute atomic E-state index is 13.1. The van der Waals surface area contributed by atoms with Gasteiger partial charge in [0.25, 0.3) is 0 Å². The van der Waals surface area contributed by atoms with Gasteiger partial charge in [0.1, 0.15) is 22.8 Å². The molecular weight excluding hydrogens is 294 g/mol. The monoisotopic (exact) mass is 303 g/mol. The van der Waals surface area contributed by atoms with Crippen LogP contribution in [-0.2, 0) is 10.9 Å². The SMILES string of the molecule is COC(=O)c1c(-c2ccc(F)cc2C(F)(F)F)noc1C. The fourth-order valence-corrected chi connectivity index (χ4v) is 1.86. The van der Waals surface area contributed by atoms with Gasteiger partial charge in [0.2, 0.25) is 0 Å². The number of aryl methyl sites for hydroxylation is 1. The number of hydrogen-bond donors (Lipinski definition) is 0. The van der Waals surface area contributed by atoms with Crippen LogP contribution >= 0.6 is 0 Å². The highest BCUT2D eigenvalue weighted by atomic mass is 19.4. The molecule has 1 heterocycles. The van der Waals surface area contributed by atoms with Gasteiger partial charge in [-0.1, -0.05) is 5.16 Å². The summed E-state index contributed by atoms with van der Waals surface area (Å²) in [6, 6.07) is 2.07. The minimum absolute atomic E-state index is 0.00861. The van der Waals surface area contributed by atoms with Crippen molar-refractivity contribution < 1.29 is 31.6 Å². The van der Waals surface area contributed by atoms with Crippen LogP contribution in [-0.4, -0.2) is 18.2 Å². The normalized spacial score (nSPS) is 11.5. The van der Waals surface area contributed by atoms with E-state index in [1.165, 1.54) is 6.92 Å². The van der Waals surface area contributed by atoms with Crippen molar-refractivity contribution in [1.29, 1.82) is 0 Å². The maximum atomic E-state index is 13.1. The molecule has 0 saturated heterocycles. The molecule has 1 aromatic heterocycles. The van der Waals surface area contributed by atoms with Gasteiger partial charge < -0.3 is 9.26 Å². The summed E-state index contributed by atoms with van der Waals surface area (Å²) in [6.45, 7) is 1.36. The van der Waals surface area contributed by atoms with E-state index in [2.05, 4.69) is 9.89 Å². The number of carbonyl (C=O) groups is 1. The number of nitrogens with zero attached hydrogens (tertiary/aromatic N) is 1. The summed E-state index contributed by atoms with van der Waals surface area (Å²) in [4.78, 5) is 11.6. The lowest BCUT2D eigenvalue weighted by molar-refractivity contribution is -0.137. The molecular formula is C13H9F4NO3. The van der Waals surface area contributed by atoms with Gasteiger partial charge in [-0.25, -0.2) is 9.18 Å². The zero-order valence-corrected chi connectivity index (χ0v) is 10.9. The van der Waals surface area contributed by atoms with Gasteiger partial charge in [0.05, 0.1) is 12.7 Å². The molecule has 0 fully saturated rings. The highest BCUT2D eigenvalue weighted by molar-refractivity contribution is 5.97. The van der Waals surface area contributed by atoms with E-state index >= 15 is 0 Å². The molecule has 0 bridgehead atoms. The van der Waals surface area contributed by atoms with Crippen molar-refractivity contribution in [3.8, 4) is 11.3 Å². The molecule has 0 aliphatic rings. The molecule has 0 radical (unpaired) electrons. The van der Waals surface area contributed by atoms with E-state index in [-0.39, 0.29) is 17.0 Å². The highest BCUT2D eigenvalue weighted by Crippen LogP contribution is 2.38. The first-order valence-corrected chi connectivity index (χ1v) is 5.67. The molecule has 0 atom stereocenters. The van der Waals surface area contributed by atoms with Gasteiger partial charge in [-0.05, 0) is 25.1 Å². The molecule has 2 rings (SSSR count). The zero-order valence-electron chi connectivity index (χ0n) is 10.9. The van der Waals surface area contributed by atoms with E-state index in [0.29, 0.717) is 6.07 Å². The molecule has 0 aliphatic carbocycles. The van der Waals surface area contributed by atoms with E-state index in [1.54, 1.807) is 0 Å². The first kappa shape index (κ1) is 15.0. The Labute approximate surface area is 116 Å². The number of alkyl halides is 3. The van der Waals surface area contributed by atoms with Crippen LogP contribution in [0.3, 0.4) is 0 Å². The zero-order chi connectivity index (χ0) is 15.8. The molecule has 2 aromatic rings. The standard InChI is InChI=1S/C13H9F4NO3/c1-6-10(12(19)20-2)11(18-21-6)8-4-3-7(14)5-9(8)13(15,16)17/h3-5H,1-2H3. The predicted octanol–water partition coefficient (Wildman–Crippen LogP) is 3.59. The van der Waals surface area contributed by atoms with Gasteiger partial charge in [-0.2, -0.15) is 13.2 Å². The van der Waals surface area contributed by atoms with Crippen LogP contribution in [0.1, 0.15) is 21.7 Å². The molecule has 0 saturated carbocycles. The third-order valence-electron chi connectivity index (χ3n) is 2.79. The molecule has 0 spiro atoms. The van der Waals surface area contributed by atoms with Crippen LogP contribution in [0.15, 0.2) is 22.7 Å². The Morgan fingerprint density at radius 1 is 1.33 bits per heavy atom. The van der Waals surface area contributed by atoms with Crippen molar-refractivity contribution in [2.24, 2.45) is 0 Å². The lowest BCUT2D eigenvalue weighted by Crippen LogP contribution is -2.10. The van der Waals surface area contributed by atoms with Crippen LogP contribution in [0.4, 0.5) is 17.6 Å². The molecule has 0 N–H and O–H groups in total. The van der Waals surface area contributed by atoms with Crippen LogP contribution < -0.4 is 0 Å². The summed E-state index contributed by atoms with van der Waals surface area (Å²) >= 11 is 0. The van der Waals surface area contributed by atoms with E-state index in [1.807, 2.05) is 0 Å². The van der Waals surface area contributed by atoms with Gasteiger partial charge >= 0.3 is 12.1 Å². The topological polar surface area (TPSA) is 52.3 Å². The molecule has 4 nitrogen and oxygen atoms in total. The fourth-order valence-electron chi connectivity index (χ4n) is 1.86. The first-order chi connectivity index (χ1) is 9.75. The fraction of sp³-hybridized carbons (Fsp3) is 0.231. The lowest BCUT2D eigenvalue weighted by atomic mass is 10.00. The Morgan fingerprint density at radius 3 is 2.57 bits per heavy atom. The Balaban J connectivity index is 2.72. The number of methoxy groups -OCH3 is 1. The molecule has 1 aromatic carbocycles. The number of rotatable bonds is 2. The Morgan fingerprint density at radius 2 is 2.00 bits per heavy atom. The average Bonchev–Trinajstić information content (AvgIpc) is 2.78. The second-order valence-corrected chi connectivity index (χ2v) is 4.14. The van der Waals surface area contributed by atoms with Crippen LogP contribution in [0.25, 0.3) is 11.3 Å². The molecule has 0 unspecified atom stereocenters. The highest BCUT2D eigenvalue weighted by Gasteiger charge is 2.36. The van der Waals surface area contributed by atoms with Gasteiger partial charge in [0.15, 0.2) is 0 Å². The van der Waals surface area contributed by atoms with E-state index in [0.717, 1.165) is 19.2 Å². The summed E-state index contributed by atoms with van der Waals surface area (Å²) in [5, 5.41) is 3.46. The average molecular weight is 303 g/mol. The molecule has 21 heavy (non-hydrogen) atoms. The first-order valence-electron chi connectivity index (χ1n) is 5.67. The number of benzene rings is 1. The molecule has 8 heteroatoms. The quantitative estimate of drug-likeness (QED) is 0.628. The van der Waals surface area contributed by atoms with Crippen molar-refractivity contribution in [2.45, 2.75) is 13.1 Å². The number of hydrogen-bond acceptors (Lipinski definition) is 4. The summed E-state index contributed by atoms with van der Waals surface area (Å²) < 4.78 is 61.3. The maximum Gasteiger partial charge on any atom is 0.417 e. The van der Waals surface area contributed by atoms with E-state index < -0.39 is 29.1 Å². The summed E-state index contributed by atoms with van der Waals surface area (Å²) in [5.74, 6) is -1.93. The largest absolute Gasteiger partial charge is 0.465 e.